The standard InChI is InChI=1S/C16H19N3O5/c1-10-4-2-3-5-12(10)17-15(20)9-18-13-7-6-11(19(22)23)8-14(13)24-16(18)21/h6-8,10,12H,2-5,9H2,1H3,(H,17,20). The van der Waals surface area contributed by atoms with Crippen LogP contribution in [0.1, 0.15) is 32.6 Å². The molecule has 24 heavy (non-hydrogen) atoms. The Bertz CT molecular complexity index is 838. The van der Waals surface area contributed by atoms with Gasteiger partial charge in [-0.15, -0.1) is 0 Å². The fourth-order valence-corrected chi connectivity index (χ4v) is 3.25. The van der Waals surface area contributed by atoms with E-state index in [1.807, 2.05) is 0 Å². The third kappa shape index (κ3) is 3.17. The molecule has 1 heterocycles. The van der Waals surface area contributed by atoms with Gasteiger partial charge in [0.05, 0.1) is 16.5 Å². The van der Waals surface area contributed by atoms with E-state index in [4.69, 9.17) is 4.42 Å². The highest BCUT2D eigenvalue weighted by atomic mass is 16.6. The minimum Gasteiger partial charge on any atom is -0.407 e. The molecule has 2 atom stereocenters. The van der Waals surface area contributed by atoms with Crippen LogP contribution in [0.5, 0.6) is 0 Å². The summed E-state index contributed by atoms with van der Waals surface area (Å²) in [6.45, 7) is 1.95. The van der Waals surface area contributed by atoms with Gasteiger partial charge in [0, 0.05) is 12.1 Å². The number of hydrogen-bond donors (Lipinski definition) is 1. The van der Waals surface area contributed by atoms with Gasteiger partial charge in [0.1, 0.15) is 6.54 Å². The second-order valence-electron chi connectivity index (χ2n) is 6.30. The van der Waals surface area contributed by atoms with Crippen LogP contribution in [0, 0.1) is 16.0 Å². The van der Waals surface area contributed by atoms with Gasteiger partial charge in [-0.1, -0.05) is 19.8 Å². The van der Waals surface area contributed by atoms with E-state index in [-0.39, 0.29) is 29.8 Å². The summed E-state index contributed by atoms with van der Waals surface area (Å²) in [5, 5.41) is 13.8. The summed E-state index contributed by atoms with van der Waals surface area (Å²) in [6, 6.07) is 4.03. The first kappa shape index (κ1) is 16.2. The minimum absolute atomic E-state index is 0.105. The summed E-state index contributed by atoms with van der Waals surface area (Å²) < 4.78 is 6.22. The molecule has 1 aromatic heterocycles. The van der Waals surface area contributed by atoms with Gasteiger partial charge in [-0.3, -0.25) is 19.5 Å². The topological polar surface area (TPSA) is 107 Å². The van der Waals surface area contributed by atoms with E-state index >= 15 is 0 Å². The van der Waals surface area contributed by atoms with Crippen LogP contribution in [0.3, 0.4) is 0 Å². The van der Waals surface area contributed by atoms with Gasteiger partial charge >= 0.3 is 5.76 Å². The van der Waals surface area contributed by atoms with Crippen LogP contribution in [0.4, 0.5) is 5.69 Å². The van der Waals surface area contributed by atoms with Crippen molar-refractivity contribution in [2.45, 2.75) is 45.2 Å². The number of non-ortho nitro benzene ring substituents is 1. The molecule has 2 aromatic rings. The maximum absolute atomic E-state index is 12.3. The van der Waals surface area contributed by atoms with Crippen LogP contribution in [0.25, 0.3) is 11.1 Å². The highest BCUT2D eigenvalue weighted by Crippen LogP contribution is 2.24. The van der Waals surface area contributed by atoms with E-state index in [0.29, 0.717) is 11.4 Å². The number of rotatable bonds is 4. The van der Waals surface area contributed by atoms with Crippen LogP contribution in [-0.4, -0.2) is 21.4 Å². The molecule has 0 bridgehead atoms. The zero-order chi connectivity index (χ0) is 17.3. The number of nitro groups is 1. The molecule has 0 spiro atoms. The van der Waals surface area contributed by atoms with Crippen LogP contribution in [-0.2, 0) is 11.3 Å². The molecular weight excluding hydrogens is 314 g/mol. The van der Waals surface area contributed by atoms with E-state index in [9.17, 15) is 19.7 Å². The number of nitrogens with zero attached hydrogens (tertiary/aromatic N) is 2. The van der Waals surface area contributed by atoms with Crippen molar-refractivity contribution < 1.29 is 14.1 Å². The molecule has 1 aliphatic rings. The molecule has 1 N–H and O–H groups in total. The number of fused-ring (bicyclic) bond motifs is 1. The lowest BCUT2D eigenvalue weighted by Crippen LogP contribution is -2.43. The number of hydrogen-bond acceptors (Lipinski definition) is 5. The highest BCUT2D eigenvalue weighted by molar-refractivity contribution is 5.80. The Balaban J connectivity index is 1.79. The Hall–Kier alpha value is -2.64. The zero-order valence-corrected chi connectivity index (χ0v) is 13.4. The monoisotopic (exact) mass is 333 g/mol. The lowest BCUT2D eigenvalue weighted by molar-refractivity contribution is -0.384. The van der Waals surface area contributed by atoms with Crippen molar-refractivity contribution in [2.75, 3.05) is 0 Å². The first-order valence-electron chi connectivity index (χ1n) is 8.03. The van der Waals surface area contributed by atoms with E-state index in [1.54, 1.807) is 0 Å². The number of carbonyl (C=O) groups is 1. The highest BCUT2D eigenvalue weighted by Gasteiger charge is 2.23. The predicted octanol–water partition coefficient (Wildman–Crippen LogP) is 2.20. The van der Waals surface area contributed by atoms with Crippen LogP contribution in [0.2, 0.25) is 0 Å². The molecule has 1 fully saturated rings. The zero-order valence-electron chi connectivity index (χ0n) is 13.4. The summed E-state index contributed by atoms with van der Waals surface area (Å²) in [5.74, 6) is -0.530. The Morgan fingerprint density at radius 3 is 2.88 bits per heavy atom. The molecule has 1 amide bonds. The number of nitro benzene ring substituents is 1. The molecule has 0 radical (unpaired) electrons. The Morgan fingerprint density at radius 2 is 2.17 bits per heavy atom. The average Bonchev–Trinajstić information content (AvgIpc) is 2.84. The van der Waals surface area contributed by atoms with E-state index in [2.05, 4.69) is 12.2 Å². The number of carbonyl (C=O) groups excluding carboxylic acids is 1. The maximum atomic E-state index is 12.3. The van der Waals surface area contributed by atoms with E-state index < -0.39 is 10.7 Å². The Kier molecular flexibility index (Phi) is 4.37. The summed E-state index contributed by atoms with van der Waals surface area (Å²) in [5.41, 5.74) is 0.314. The van der Waals surface area contributed by atoms with Crippen LogP contribution >= 0.6 is 0 Å². The molecule has 1 aliphatic carbocycles. The fourth-order valence-electron chi connectivity index (χ4n) is 3.25. The average molecular weight is 333 g/mol. The van der Waals surface area contributed by atoms with Gasteiger partial charge in [-0.25, -0.2) is 4.79 Å². The van der Waals surface area contributed by atoms with Crippen LogP contribution in [0.15, 0.2) is 27.4 Å². The molecule has 8 nitrogen and oxygen atoms in total. The van der Waals surface area contributed by atoms with E-state index in [1.165, 1.54) is 29.2 Å². The predicted molar refractivity (Wildman–Crippen MR) is 86.7 cm³/mol. The molecule has 2 unspecified atom stereocenters. The molecule has 3 rings (SSSR count). The van der Waals surface area contributed by atoms with Gasteiger partial charge in [-0.2, -0.15) is 0 Å². The molecule has 1 saturated carbocycles. The first-order chi connectivity index (χ1) is 11.5. The lowest BCUT2D eigenvalue weighted by atomic mass is 9.86. The summed E-state index contributed by atoms with van der Waals surface area (Å²) in [6.07, 6.45) is 4.30. The molecule has 0 saturated heterocycles. The SMILES string of the molecule is CC1CCCCC1NC(=O)Cn1c(=O)oc2cc([N+](=O)[O-])ccc21. The second-order valence-corrected chi connectivity index (χ2v) is 6.30. The van der Waals surface area contributed by atoms with Gasteiger partial charge < -0.3 is 9.73 Å². The molecule has 128 valence electrons. The van der Waals surface area contributed by atoms with E-state index in [0.717, 1.165) is 19.3 Å². The van der Waals surface area contributed by atoms with Gasteiger partial charge in [0.2, 0.25) is 5.91 Å². The quantitative estimate of drug-likeness (QED) is 0.681. The largest absolute Gasteiger partial charge is 0.420 e. The summed E-state index contributed by atoms with van der Waals surface area (Å²) in [7, 11) is 0. The first-order valence-corrected chi connectivity index (χ1v) is 8.03. The molecular formula is C16H19N3O5. The van der Waals surface area contributed by atoms with Crippen molar-refractivity contribution in [3.63, 3.8) is 0 Å². The molecule has 0 aliphatic heterocycles. The number of nitrogens with one attached hydrogen (secondary N) is 1. The third-order valence-electron chi connectivity index (χ3n) is 4.62. The third-order valence-corrected chi connectivity index (χ3v) is 4.62. The van der Waals surface area contributed by atoms with Crippen molar-refractivity contribution in [1.29, 1.82) is 0 Å². The Labute approximate surface area is 137 Å². The molecule has 8 heteroatoms. The van der Waals surface area contributed by atoms with Crippen molar-refractivity contribution in [1.82, 2.24) is 9.88 Å². The van der Waals surface area contributed by atoms with Crippen molar-refractivity contribution in [3.05, 3.63) is 38.9 Å². The number of amides is 1. The minimum atomic E-state index is -0.697. The summed E-state index contributed by atoms with van der Waals surface area (Å²) in [4.78, 5) is 34.5. The van der Waals surface area contributed by atoms with Gasteiger partial charge in [-0.05, 0) is 24.8 Å². The molecule has 1 aromatic carbocycles. The Morgan fingerprint density at radius 1 is 1.42 bits per heavy atom. The number of aromatic nitrogens is 1. The second kappa shape index (κ2) is 6.46. The maximum Gasteiger partial charge on any atom is 0.420 e. The van der Waals surface area contributed by atoms with Crippen molar-refractivity contribution in [2.24, 2.45) is 5.92 Å². The van der Waals surface area contributed by atoms with Crippen molar-refractivity contribution >= 4 is 22.7 Å². The summed E-state index contributed by atoms with van der Waals surface area (Å²) >= 11 is 0. The normalized spacial score (nSPS) is 20.9. The van der Waals surface area contributed by atoms with Crippen molar-refractivity contribution in [3.8, 4) is 0 Å². The lowest BCUT2D eigenvalue weighted by Gasteiger charge is -2.29. The number of oxazole rings is 1. The van der Waals surface area contributed by atoms with Crippen LogP contribution < -0.4 is 11.1 Å². The van der Waals surface area contributed by atoms with Gasteiger partial charge in [0.15, 0.2) is 5.58 Å². The van der Waals surface area contributed by atoms with Gasteiger partial charge in [0.25, 0.3) is 5.69 Å². The smallest absolute Gasteiger partial charge is 0.407 e. The fraction of sp³-hybridized carbons (Fsp3) is 0.500. The number of benzene rings is 1.